The van der Waals surface area contributed by atoms with Gasteiger partial charge in [-0.3, -0.25) is 4.79 Å². The smallest absolute Gasteiger partial charge is 0.407 e. The lowest BCUT2D eigenvalue weighted by Crippen LogP contribution is -2.57. The number of carbonyl (C=O) groups excluding carboxylic acids is 1. The summed E-state index contributed by atoms with van der Waals surface area (Å²) in [4.78, 5) is 34.1. The summed E-state index contributed by atoms with van der Waals surface area (Å²) in [6.45, 7) is 2.94. The second-order valence-electron chi connectivity index (χ2n) is 11.3. The van der Waals surface area contributed by atoms with Crippen LogP contribution in [0, 0.1) is 0 Å². The first-order chi connectivity index (χ1) is 19.4. The van der Waals surface area contributed by atoms with Gasteiger partial charge in [0.15, 0.2) is 5.69 Å². The van der Waals surface area contributed by atoms with Crippen molar-refractivity contribution in [3.63, 3.8) is 0 Å². The fourth-order valence-electron chi connectivity index (χ4n) is 6.51. The molecule has 2 unspecified atom stereocenters. The molecule has 3 atom stereocenters. The van der Waals surface area contributed by atoms with Crippen LogP contribution in [0.5, 0.6) is 0 Å². The average molecular weight is 545 g/mol. The van der Waals surface area contributed by atoms with Crippen LogP contribution in [-0.4, -0.2) is 72.8 Å². The Labute approximate surface area is 236 Å². The van der Waals surface area contributed by atoms with Crippen LogP contribution in [0.2, 0.25) is 0 Å². The molecule has 0 spiro atoms. The molecule has 1 aliphatic carbocycles. The molecule has 40 heavy (non-hydrogen) atoms. The van der Waals surface area contributed by atoms with Crippen LogP contribution in [0.4, 0.5) is 4.79 Å². The van der Waals surface area contributed by atoms with Crippen LogP contribution in [0.3, 0.4) is 0 Å². The molecule has 5 rings (SSSR count). The first kappa shape index (κ1) is 27.9. The van der Waals surface area contributed by atoms with E-state index in [0.29, 0.717) is 18.7 Å². The second kappa shape index (κ2) is 12.3. The van der Waals surface area contributed by atoms with Gasteiger partial charge in [-0.15, -0.1) is 0 Å². The van der Waals surface area contributed by atoms with Gasteiger partial charge < -0.3 is 24.6 Å². The van der Waals surface area contributed by atoms with Gasteiger partial charge in [-0.2, -0.15) is 0 Å². The third kappa shape index (κ3) is 5.77. The Morgan fingerprint density at radius 1 is 1.02 bits per heavy atom. The molecular formula is C32H40N4O4. The lowest BCUT2D eigenvalue weighted by molar-refractivity contribution is -0.0492. The van der Waals surface area contributed by atoms with Gasteiger partial charge in [0, 0.05) is 25.2 Å². The Morgan fingerprint density at radius 3 is 2.45 bits per heavy atom. The van der Waals surface area contributed by atoms with Crippen LogP contribution < -0.4 is 0 Å². The number of hydrogen-bond donors (Lipinski definition) is 2. The predicted molar refractivity (Wildman–Crippen MR) is 154 cm³/mol. The first-order valence-corrected chi connectivity index (χ1v) is 14.6. The van der Waals surface area contributed by atoms with Gasteiger partial charge in [0.05, 0.1) is 29.7 Å². The molecule has 2 fully saturated rings. The monoisotopic (exact) mass is 544 g/mol. The summed E-state index contributed by atoms with van der Waals surface area (Å²) in [6.07, 6.45) is 7.59. The molecule has 1 saturated heterocycles. The van der Waals surface area contributed by atoms with E-state index in [4.69, 9.17) is 4.98 Å². The van der Waals surface area contributed by atoms with E-state index in [2.05, 4.69) is 11.5 Å². The number of rotatable bonds is 8. The van der Waals surface area contributed by atoms with Crippen molar-refractivity contribution < 1.29 is 19.8 Å². The number of piperazine rings is 1. The molecule has 2 aliphatic rings. The number of aliphatic hydroxyl groups is 1. The van der Waals surface area contributed by atoms with Crippen molar-refractivity contribution in [3.8, 4) is 11.3 Å². The third-order valence-corrected chi connectivity index (χ3v) is 8.63. The summed E-state index contributed by atoms with van der Waals surface area (Å²) in [5, 5.41) is 21.6. The highest BCUT2D eigenvalue weighted by molar-refractivity contribution is 5.98. The molecule has 2 aromatic carbocycles. The zero-order valence-corrected chi connectivity index (χ0v) is 23.3. The number of benzene rings is 2. The van der Waals surface area contributed by atoms with E-state index < -0.39 is 11.7 Å². The van der Waals surface area contributed by atoms with Crippen molar-refractivity contribution in [2.24, 2.45) is 0 Å². The largest absolute Gasteiger partial charge is 0.465 e. The minimum atomic E-state index is -0.969. The lowest BCUT2D eigenvalue weighted by Gasteiger charge is -2.42. The number of nitrogens with zero attached hydrogens (tertiary/aromatic N) is 4. The Balaban J connectivity index is 1.53. The SMILES string of the molecule is CCCCC1(O)CCCCC1n1cnc(C(=O)N2CCN(C(=O)O)C[C@H]2Cc2ccccc2)c1-c1ccccc1. The Hall–Kier alpha value is -3.65. The zero-order valence-electron chi connectivity index (χ0n) is 23.3. The molecule has 8 nitrogen and oxygen atoms in total. The molecule has 0 radical (unpaired) electrons. The van der Waals surface area contributed by atoms with Gasteiger partial charge in [-0.05, 0) is 31.2 Å². The number of imidazole rings is 1. The fraction of sp³-hybridized carbons (Fsp3) is 0.469. The summed E-state index contributed by atoms with van der Waals surface area (Å²) in [5.41, 5.74) is 2.18. The minimum Gasteiger partial charge on any atom is -0.465 e. The standard InChI is InChI=1S/C32H40N4O4/c1-2-3-17-32(40)18-11-10-16-27(32)36-23-33-28(29(36)25-14-8-5-9-15-25)30(37)35-20-19-34(31(38)39)22-26(35)21-24-12-6-4-7-13-24/h4-9,12-15,23,26-27,40H,2-3,10-11,16-22H2,1H3,(H,38,39)/t26-,27?,32?/m1/s1. The molecule has 1 saturated carbocycles. The topological polar surface area (TPSA) is 98.9 Å². The Kier molecular flexibility index (Phi) is 8.54. The number of unbranched alkanes of at least 4 members (excludes halogenated alkanes) is 1. The van der Waals surface area contributed by atoms with Crippen LogP contribution >= 0.6 is 0 Å². The number of amides is 2. The Morgan fingerprint density at radius 2 is 1.75 bits per heavy atom. The molecule has 8 heteroatoms. The maximum atomic E-state index is 14.3. The molecule has 2 heterocycles. The Bertz CT molecular complexity index is 1290. The second-order valence-corrected chi connectivity index (χ2v) is 11.3. The number of carbonyl (C=O) groups is 2. The molecule has 0 bridgehead atoms. The quantitative estimate of drug-likeness (QED) is 0.383. The van der Waals surface area contributed by atoms with Crippen molar-refractivity contribution in [3.05, 3.63) is 78.2 Å². The van der Waals surface area contributed by atoms with Crippen LogP contribution in [0.25, 0.3) is 11.3 Å². The van der Waals surface area contributed by atoms with E-state index in [1.807, 2.05) is 60.7 Å². The molecule has 2 N–H and O–H groups in total. The van der Waals surface area contributed by atoms with Gasteiger partial charge in [-0.1, -0.05) is 93.3 Å². The van der Waals surface area contributed by atoms with Crippen LogP contribution in [0.1, 0.15) is 74.0 Å². The van der Waals surface area contributed by atoms with Gasteiger partial charge in [-0.25, -0.2) is 9.78 Å². The predicted octanol–water partition coefficient (Wildman–Crippen LogP) is 5.63. The zero-order chi connectivity index (χ0) is 28.1. The molecule has 2 amide bonds. The van der Waals surface area contributed by atoms with E-state index in [1.165, 1.54) is 4.90 Å². The number of carboxylic acid groups (broad SMARTS) is 1. The highest BCUT2D eigenvalue weighted by Gasteiger charge is 2.42. The fourth-order valence-corrected chi connectivity index (χ4v) is 6.51. The minimum absolute atomic E-state index is 0.166. The molecule has 3 aromatic rings. The van der Waals surface area contributed by atoms with Gasteiger partial charge in [0.1, 0.15) is 0 Å². The summed E-state index contributed by atoms with van der Waals surface area (Å²) in [5.74, 6) is -0.198. The van der Waals surface area contributed by atoms with Gasteiger partial charge in [0.2, 0.25) is 0 Å². The van der Waals surface area contributed by atoms with Gasteiger partial charge in [0.25, 0.3) is 5.91 Å². The van der Waals surface area contributed by atoms with E-state index >= 15 is 0 Å². The normalized spacial score (nSPS) is 23.2. The van der Waals surface area contributed by atoms with Crippen molar-refractivity contribution in [2.45, 2.75) is 76.0 Å². The van der Waals surface area contributed by atoms with Crippen molar-refractivity contribution in [2.75, 3.05) is 19.6 Å². The third-order valence-electron chi connectivity index (χ3n) is 8.63. The van der Waals surface area contributed by atoms with Gasteiger partial charge >= 0.3 is 6.09 Å². The lowest BCUT2D eigenvalue weighted by atomic mass is 9.77. The van der Waals surface area contributed by atoms with Crippen LogP contribution in [-0.2, 0) is 6.42 Å². The maximum absolute atomic E-state index is 14.3. The summed E-state index contributed by atoms with van der Waals surface area (Å²) in [7, 11) is 0. The summed E-state index contributed by atoms with van der Waals surface area (Å²) in [6, 6.07) is 19.2. The van der Waals surface area contributed by atoms with Crippen molar-refractivity contribution in [1.82, 2.24) is 19.4 Å². The summed E-state index contributed by atoms with van der Waals surface area (Å²) < 4.78 is 2.05. The van der Waals surface area contributed by atoms with E-state index in [0.717, 1.165) is 61.8 Å². The summed E-state index contributed by atoms with van der Waals surface area (Å²) >= 11 is 0. The average Bonchev–Trinajstić information content (AvgIpc) is 3.42. The van der Waals surface area contributed by atoms with E-state index in [1.54, 1.807) is 11.2 Å². The van der Waals surface area contributed by atoms with E-state index in [-0.39, 0.29) is 31.1 Å². The van der Waals surface area contributed by atoms with E-state index in [9.17, 15) is 19.8 Å². The molecular weight excluding hydrogens is 504 g/mol. The molecule has 1 aromatic heterocycles. The van der Waals surface area contributed by atoms with Crippen molar-refractivity contribution >= 4 is 12.0 Å². The highest BCUT2D eigenvalue weighted by atomic mass is 16.4. The highest BCUT2D eigenvalue weighted by Crippen LogP contribution is 2.43. The maximum Gasteiger partial charge on any atom is 0.407 e. The molecule has 1 aliphatic heterocycles. The number of aromatic nitrogens is 2. The molecule has 212 valence electrons. The van der Waals surface area contributed by atoms with Crippen molar-refractivity contribution in [1.29, 1.82) is 0 Å². The first-order valence-electron chi connectivity index (χ1n) is 14.6. The van der Waals surface area contributed by atoms with Crippen LogP contribution in [0.15, 0.2) is 67.0 Å². The number of hydrogen-bond acceptors (Lipinski definition) is 4.